The topological polar surface area (TPSA) is 108 Å². The highest BCUT2D eigenvalue weighted by Gasteiger charge is 2.42. The smallest absolute Gasteiger partial charge is 0.408 e. The first-order valence-corrected chi connectivity index (χ1v) is 13.4. The number of carbonyl (C=O) groups is 3. The molecule has 0 bridgehead atoms. The van der Waals surface area contributed by atoms with Gasteiger partial charge in [-0.25, -0.2) is 4.79 Å². The third-order valence-electron chi connectivity index (χ3n) is 6.22. The van der Waals surface area contributed by atoms with Crippen LogP contribution < -0.4 is 10.6 Å². The number of rotatable bonds is 7. The number of aryl methyl sites for hydroxylation is 2. The van der Waals surface area contributed by atoms with Gasteiger partial charge in [-0.3, -0.25) is 9.59 Å². The van der Waals surface area contributed by atoms with Crippen LogP contribution in [-0.4, -0.2) is 51.7 Å². The van der Waals surface area contributed by atoms with E-state index in [1.165, 1.54) is 4.90 Å². The van der Waals surface area contributed by atoms with Crippen LogP contribution in [-0.2, 0) is 14.3 Å². The van der Waals surface area contributed by atoms with Gasteiger partial charge in [-0.05, 0) is 83.9 Å². The Morgan fingerprint density at radius 3 is 2.02 bits per heavy atom. The Morgan fingerprint density at radius 1 is 0.875 bits per heavy atom. The van der Waals surface area contributed by atoms with Crippen LogP contribution in [0.3, 0.4) is 0 Å². The summed E-state index contributed by atoms with van der Waals surface area (Å²) in [4.78, 5) is 42.1. The van der Waals surface area contributed by atoms with E-state index in [2.05, 4.69) is 10.6 Å². The highest BCUT2D eigenvalue weighted by molar-refractivity contribution is 6.00. The van der Waals surface area contributed by atoms with Crippen LogP contribution in [0.2, 0.25) is 0 Å². The van der Waals surface area contributed by atoms with Crippen molar-refractivity contribution < 1.29 is 24.2 Å². The minimum Gasteiger partial charge on any atom is -0.444 e. The number of amides is 3. The normalized spacial score (nSPS) is 13.3. The van der Waals surface area contributed by atoms with Gasteiger partial charge in [-0.15, -0.1) is 0 Å². The predicted molar refractivity (Wildman–Crippen MR) is 158 cm³/mol. The molecule has 3 rings (SSSR count). The number of fused-ring (bicyclic) bond motifs is 1. The number of alkyl carbamates (subject to hydrolysis) is 1. The molecule has 0 aromatic heterocycles. The van der Waals surface area contributed by atoms with Crippen molar-refractivity contribution in [1.29, 1.82) is 0 Å². The van der Waals surface area contributed by atoms with E-state index in [1.807, 2.05) is 95.3 Å². The lowest BCUT2D eigenvalue weighted by Gasteiger charge is -2.43. The predicted octanol–water partition coefficient (Wildman–Crippen LogP) is 5.65. The van der Waals surface area contributed by atoms with Crippen LogP contribution >= 0.6 is 0 Å². The summed E-state index contributed by atoms with van der Waals surface area (Å²) >= 11 is 0. The van der Waals surface area contributed by atoms with E-state index in [4.69, 9.17) is 4.74 Å². The minimum absolute atomic E-state index is 0.419. The first-order chi connectivity index (χ1) is 18.6. The van der Waals surface area contributed by atoms with Crippen molar-refractivity contribution in [2.75, 3.05) is 11.9 Å². The van der Waals surface area contributed by atoms with Gasteiger partial charge >= 0.3 is 6.09 Å². The number of anilines is 1. The number of nitrogens with zero attached hydrogens (tertiary/aromatic N) is 1. The number of benzene rings is 3. The van der Waals surface area contributed by atoms with Crippen molar-refractivity contribution in [3.63, 3.8) is 0 Å². The Hall–Kier alpha value is -3.91. The lowest BCUT2D eigenvalue weighted by Crippen LogP contribution is -2.59. The molecule has 0 aliphatic rings. The van der Waals surface area contributed by atoms with Gasteiger partial charge in [0.1, 0.15) is 17.7 Å². The highest BCUT2D eigenvalue weighted by Crippen LogP contribution is 2.32. The molecule has 3 aromatic carbocycles. The van der Waals surface area contributed by atoms with Gasteiger partial charge in [0.05, 0.1) is 6.61 Å². The molecule has 0 spiro atoms. The minimum atomic E-state index is -1.32. The second kappa shape index (κ2) is 12.1. The zero-order valence-electron chi connectivity index (χ0n) is 24.7. The summed E-state index contributed by atoms with van der Waals surface area (Å²) in [5.41, 5.74) is 1.41. The number of nitrogens with one attached hydrogen (secondary N) is 2. The zero-order chi connectivity index (χ0) is 29.8. The number of aliphatic hydroxyl groups is 1. The lowest BCUT2D eigenvalue weighted by atomic mass is 9.93. The number of hydrogen-bond acceptors (Lipinski definition) is 5. The summed E-state index contributed by atoms with van der Waals surface area (Å²) in [6.45, 7) is 13.7. The van der Waals surface area contributed by atoms with Gasteiger partial charge in [0.25, 0.3) is 5.91 Å². The van der Waals surface area contributed by atoms with Crippen molar-refractivity contribution in [3.05, 3.63) is 77.4 Å². The first-order valence-electron chi connectivity index (χ1n) is 13.4. The standard InChI is InChI=1S/C32H41N3O5/c1-20-15-21(2)17-24(16-20)27(28(37)33-25-14-13-22-11-9-10-12-23(22)18-25)35(31(3,4)5)29(38)26(19-36)34-30(39)40-32(6,7)8/h9-18,26-27,36H,19H2,1-8H3,(H,33,37)(H,34,39). The van der Waals surface area contributed by atoms with E-state index in [0.717, 1.165) is 21.9 Å². The Balaban J connectivity index is 2.06. The van der Waals surface area contributed by atoms with Crippen molar-refractivity contribution in [2.45, 2.75) is 78.6 Å². The molecule has 3 aromatic rings. The monoisotopic (exact) mass is 547 g/mol. The molecule has 0 saturated heterocycles. The van der Waals surface area contributed by atoms with E-state index in [-0.39, 0.29) is 0 Å². The average Bonchev–Trinajstić information content (AvgIpc) is 2.82. The van der Waals surface area contributed by atoms with Crippen LogP contribution in [0, 0.1) is 13.8 Å². The summed E-state index contributed by atoms with van der Waals surface area (Å²) in [6.07, 6.45) is -0.836. The molecular weight excluding hydrogens is 506 g/mol. The molecule has 0 aliphatic carbocycles. The van der Waals surface area contributed by atoms with Gasteiger partial charge in [-0.2, -0.15) is 0 Å². The maximum atomic E-state index is 14.1. The molecule has 0 fully saturated rings. The van der Waals surface area contributed by atoms with Gasteiger partial charge in [0.2, 0.25) is 5.91 Å². The molecule has 0 saturated carbocycles. The van der Waals surface area contributed by atoms with Gasteiger partial charge in [-0.1, -0.05) is 59.7 Å². The molecule has 214 valence electrons. The largest absolute Gasteiger partial charge is 0.444 e. The molecule has 0 radical (unpaired) electrons. The number of carbonyl (C=O) groups excluding carboxylic acids is 3. The van der Waals surface area contributed by atoms with Crippen molar-refractivity contribution >= 4 is 34.4 Å². The quantitative estimate of drug-likeness (QED) is 0.354. The molecule has 3 N–H and O–H groups in total. The second-order valence-corrected chi connectivity index (χ2v) is 12.1. The van der Waals surface area contributed by atoms with Crippen LogP contribution in [0.15, 0.2) is 60.7 Å². The van der Waals surface area contributed by atoms with E-state index in [9.17, 15) is 19.5 Å². The molecule has 8 heteroatoms. The summed E-state index contributed by atoms with van der Waals surface area (Å²) in [6, 6.07) is 16.8. The zero-order valence-corrected chi connectivity index (χ0v) is 24.7. The van der Waals surface area contributed by atoms with Crippen LogP contribution in [0.1, 0.15) is 64.3 Å². The van der Waals surface area contributed by atoms with Crippen molar-refractivity contribution in [1.82, 2.24) is 10.2 Å². The fraction of sp³-hybridized carbons (Fsp3) is 0.406. The summed E-state index contributed by atoms with van der Waals surface area (Å²) in [7, 11) is 0. The van der Waals surface area contributed by atoms with E-state index in [0.29, 0.717) is 11.3 Å². The fourth-order valence-corrected chi connectivity index (χ4v) is 4.71. The highest BCUT2D eigenvalue weighted by atomic mass is 16.6. The molecule has 3 amide bonds. The Kier molecular flexibility index (Phi) is 9.25. The van der Waals surface area contributed by atoms with E-state index in [1.54, 1.807) is 20.8 Å². The summed E-state index contributed by atoms with van der Waals surface area (Å²) in [5, 5.41) is 17.6. The molecular formula is C32H41N3O5. The molecule has 2 unspecified atom stereocenters. The molecule has 0 heterocycles. The molecule has 0 aliphatic heterocycles. The lowest BCUT2D eigenvalue weighted by molar-refractivity contribution is -0.147. The summed E-state index contributed by atoms with van der Waals surface area (Å²) < 4.78 is 5.31. The maximum absolute atomic E-state index is 14.1. The Labute approximate surface area is 236 Å². The SMILES string of the molecule is Cc1cc(C)cc(C(C(=O)Nc2ccc3ccccc3c2)N(C(=O)C(CO)NC(=O)OC(C)(C)C)C(C)(C)C)c1. The van der Waals surface area contributed by atoms with Crippen LogP contribution in [0.25, 0.3) is 10.8 Å². The van der Waals surface area contributed by atoms with Crippen LogP contribution in [0.4, 0.5) is 10.5 Å². The first kappa shape index (κ1) is 30.6. The fourth-order valence-electron chi connectivity index (χ4n) is 4.71. The van der Waals surface area contributed by atoms with Crippen molar-refractivity contribution in [2.24, 2.45) is 0 Å². The van der Waals surface area contributed by atoms with Gasteiger partial charge in [0, 0.05) is 11.2 Å². The third-order valence-corrected chi connectivity index (χ3v) is 6.22. The Bertz CT molecular complexity index is 1370. The third kappa shape index (κ3) is 7.82. The van der Waals surface area contributed by atoms with Gasteiger partial charge < -0.3 is 25.4 Å². The van der Waals surface area contributed by atoms with Crippen molar-refractivity contribution in [3.8, 4) is 0 Å². The molecule has 8 nitrogen and oxygen atoms in total. The summed E-state index contributed by atoms with van der Waals surface area (Å²) in [5.74, 6) is -1.03. The molecule has 40 heavy (non-hydrogen) atoms. The van der Waals surface area contributed by atoms with E-state index >= 15 is 0 Å². The second-order valence-electron chi connectivity index (χ2n) is 12.1. The Morgan fingerprint density at radius 2 is 1.48 bits per heavy atom. The molecule has 2 atom stereocenters. The van der Waals surface area contributed by atoms with E-state index < -0.39 is 47.7 Å². The number of ether oxygens (including phenoxy) is 1. The van der Waals surface area contributed by atoms with Crippen LogP contribution in [0.5, 0.6) is 0 Å². The maximum Gasteiger partial charge on any atom is 0.408 e. The number of hydrogen-bond donors (Lipinski definition) is 3. The average molecular weight is 548 g/mol. The number of aliphatic hydroxyl groups excluding tert-OH is 1. The van der Waals surface area contributed by atoms with Gasteiger partial charge in [0.15, 0.2) is 0 Å².